The second-order valence-corrected chi connectivity index (χ2v) is 3.74. The molecule has 1 aliphatic rings. The Hall–Kier alpha value is -1.78. The molecule has 0 unspecified atom stereocenters. The lowest BCUT2D eigenvalue weighted by Crippen LogP contribution is -2.17. The zero-order chi connectivity index (χ0) is 12.6. The summed E-state index contributed by atoms with van der Waals surface area (Å²) < 4.78 is 40.0. The van der Waals surface area contributed by atoms with E-state index in [1.54, 1.807) is 12.1 Å². The molecule has 0 atom stereocenters. The topological polar surface area (TPSA) is 26.3 Å². The van der Waals surface area contributed by atoms with Gasteiger partial charge in [0.25, 0.3) is 0 Å². The van der Waals surface area contributed by atoms with Crippen molar-refractivity contribution in [2.75, 3.05) is 0 Å². The minimum atomic E-state index is -4.72. The van der Waals surface area contributed by atoms with E-state index in [4.69, 9.17) is 0 Å². The van der Waals surface area contributed by atoms with E-state index in [0.717, 1.165) is 5.56 Å². The van der Waals surface area contributed by atoms with E-state index in [9.17, 15) is 18.0 Å². The van der Waals surface area contributed by atoms with Crippen LogP contribution in [0.1, 0.15) is 18.1 Å². The third-order valence-corrected chi connectivity index (χ3v) is 2.51. The highest BCUT2D eigenvalue weighted by molar-refractivity contribution is 6.21. The molecule has 0 saturated carbocycles. The second-order valence-electron chi connectivity index (χ2n) is 3.74. The summed E-state index contributed by atoms with van der Waals surface area (Å²) in [5.41, 5.74) is 1.82. The molecule has 0 heterocycles. The fourth-order valence-corrected chi connectivity index (χ4v) is 1.84. The lowest BCUT2D eigenvalue weighted by atomic mass is 10.0. The zero-order valence-corrected chi connectivity index (χ0v) is 8.97. The molecule has 5 heteroatoms. The molecule has 17 heavy (non-hydrogen) atoms. The maximum absolute atomic E-state index is 12.0. The van der Waals surface area contributed by atoms with Crippen LogP contribution in [-0.4, -0.2) is 12.1 Å². The van der Waals surface area contributed by atoms with Crippen molar-refractivity contribution >= 4 is 11.4 Å². The highest BCUT2D eigenvalue weighted by Gasteiger charge is 2.31. The number of hydrogen-bond acceptors (Lipinski definition) is 2. The first-order valence-electron chi connectivity index (χ1n) is 4.97. The minimum Gasteiger partial charge on any atom is -0.406 e. The van der Waals surface area contributed by atoms with E-state index in [1.807, 2.05) is 0 Å². The fraction of sp³-hybridized carbons (Fsp3) is 0.250. The number of carbonyl (C=O) groups is 1. The Labute approximate surface area is 95.7 Å². The monoisotopic (exact) mass is 242 g/mol. The molecule has 0 aliphatic heterocycles. The number of benzene rings is 1. The summed E-state index contributed by atoms with van der Waals surface area (Å²) in [7, 11) is 0. The van der Waals surface area contributed by atoms with E-state index in [0.29, 0.717) is 17.6 Å². The molecule has 0 saturated heterocycles. The summed E-state index contributed by atoms with van der Waals surface area (Å²) in [5, 5.41) is 0. The summed E-state index contributed by atoms with van der Waals surface area (Å²) in [5.74, 6) is -0.460. The Morgan fingerprint density at radius 2 is 2.06 bits per heavy atom. The summed E-state index contributed by atoms with van der Waals surface area (Å²) >= 11 is 0. The third-order valence-electron chi connectivity index (χ3n) is 2.51. The number of Topliss-reactive ketones (excluding diaryl/α,β-unsaturated/α-hetero) is 1. The Kier molecular flexibility index (Phi) is 2.69. The molecule has 0 radical (unpaired) electrons. The summed E-state index contributed by atoms with van der Waals surface area (Å²) in [4.78, 5) is 11.3. The molecule has 2 nitrogen and oxygen atoms in total. The highest BCUT2D eigenvalue weighted by atomic mass is 19.4. The van der Waals surface area contributed by atoms with Gasteiger partial charge in [0.05, 0.1) is 0 Å². The zero-order valence-electron chi connectivity index (χ0n) is 8.97. The molecule has 2 rings (SSSR count). The van der Waals surface area contributed by atoms with Gasteiger partial charge in [-0.2, -0.15) is 0 Å². The number of fused-ring (bicyclic) bond motifs is 1. The number of ether oxygens (including phenoxy) is 1. The molecule has 1 aromatic rings. The molecule has 90 valence electrons. The highest BCUT2D eigenvalue weighted by Crippen LogP contribution is 2.33. The molecular formula is C12H9F3O2. The molecule has 0 aromatic heterocycles. The van der Waals surface area contributed by atoms with Crippen molar-refractivity contribution in [2.45, 2.75) is 19.7 Å². The Morgan fingerprint density at radius 1 is 1.35 bits per heavy atom. The van der Waals surface area contributed by atoms with E-state index in [2.05, 4.69) is 4.74 Å². The largest absolute Gasteiger partial charge is 0.573 e. The summed E-state index contributed by atoms with van der Waals surface area (Å²) in [6.07, 6.45) is -2.44. The van der Waals surface area contributed by atoms with Crippen LogP contribution in [0.3, 0.4) is 0 Å². The fourth-order valence-electron chi connectivity index (χ4n) is 1.84. The van der Waals surface area contributed by atoms with Crippen molar-refractivity contribution < 1.29 is 22.7 Å². The maximum atomic E-state index is 12.0. The average molecular weight is 242 g/mol. The van der Waals surface area contributed by atoms with Crippen LogP contribution in [0.2, 0.25) is 0 Å². The van der Waals surface area contributed by atoms with Crippen LogP contribution in [0.4, 0.5) is 13.2 Å². The Morgan fingerprint density at radius 3 is 2.65 bits per heavy atom. The van der Waals surface area contributed by atoms with Crippen molar-refractivity contribution in [3.8, 4) is 5.75 Å². The van der Waals surface area contributed by atoms with Gasteiger partial charge in [-0.15, -0.1) is 13.2 Å². The van der Waals surface area contributed by atoms with Gasteiger partial charge in [0.15, 0.2) is 5.78 Å². The average Bonchev–Trinajstić information content (AvgIpc) is 2.57. The van der Waals surface area contributed by atoms with Gasteiger partial charge in [-0.25, -0.2) is 0 Å². The van der Waals surface area contributed by atoms with Gasteiger partial charge >= 0.3 is 6.36 Å². The van der Waals surface area contributed by atoms with Gasteiger partial charge in [0.1, 0.15) is 5.75 Å². The standard InChI is InChI=1S/C12H9F3O2/c1-7(16)10-5-3-8-2-4-9(6-11(8)10)17-12(13,14)15/h2,4-6H,3H2,1H3. The lowest BCUT2D eigenvalue weighted by Gasteiger charge is -2.10. The summed E-state index contributed by atoms with van der Waals surface area (Å²) in [6, 6.07) is 4.05. The molecule has 0 fully saturated rings. The first kappa shape index (κ1) is 11.7. The lowest BCUT2D eigenvalue weighted by molar-refractivity contribution is -0.274. The molecule has 1 aliphatic carbocycles. The number of hydrogen-bond donors (Lipinski definition) is 0. The van der Waals surface area contributed by atoms with Crippen LogP contribution in [0.25, 0.3) is 5.57 Å². The van der Waals surface area contributed by atoms with Crippen LogP contribution in [-0.2, 0) is 11.2 Å². The quantitative estimate of drug-likeness (QED) is 0.796. The van der Waals surface area contributed by atoms with Gasteiger partial charge in [-0.1, -0.05) is 12.1 Å². The van der Waals surface area contributed by atoms with Crippen molar-refractivity contribution in [2.24, 2.45) is 0 Å². The van der Waals surface area contributed by atoms with Crippen molar-refractivity contribution in [1.29, 1.82) is 0 Å². The van der Waals surface area contributed by atoms with Crippen LogP contribution in [0.15, 0.2) is 24.3 Å². The van der Waals surface area contributed by atoms with E-state index in [1.165, 1.54) is 19.1 Å². The molecule has 0 amide bonds. The van der Waals surface area contributed by atoms with Gasteiger partial charge in [0.2, 0.25) is 0 Å². The Balaban J connectivity index is 2.34. The first-order valence-corrected chi connectivity index (χ1v) is 4.97. The molecule has 0 N–H and O–H groups in total. The SMILES string of the molecule is CC(=O)C1=CCc2ccc(OC(F)(F)F)cc21. The number of alkyl halides is 3. The van der Waals surface area contributed by atoms with Crippen molar-refractivity contribution in [1.82, 2.24) is 0 Å². The van der Waals surface area contributed by atoms with Crippen LogP contribution in [0, 0.1) is 0 Å². The number of rotatable bonds is 2. The molecule has 0 bridgehead atoms. The van der Waals surface area contributed by atoms with Gasteiger partial charge in [-0.05, 0) is 36.6 Å². The van der Waals surface area contributed by atoms with Crippen molar-refractivity contribution in [3.63, 3.8) is 0 Å². The van der Waals surface area contributed by atoms with Gasteiger partial charge in [0, 0.05) is 5.57 Å². The number of carbonyl (C=O) groups excluding carboxylic acids is 1. The number of ketones is 1. The van der Waals surface area contributed by atoms with E-state index >= 15 is 0 Å². The third kappa shape index (κ3) is 2.49. The predicted molar refractivity (Wildman–Crippen MR) is 55.5 cm³/mol. The van der Waals surface area contributed by atoms with Gasteiger partial charge < -0.3 is 4.74 Å². The number of halogens is 3. The molecule has 0 spiro atoms. The first-order chi connectivity index (χ1) is 7.87. The smallest absolute Gasteiger partial charge is 0.406 e. The van der Waals surface area contributed by atoms with Crippen LogP contribution < -0.4 is 4.74 Å². The van der Waals surface area contributed by atoms with Crippen LogP contribution >= 0.6 is 0 Å². The molecular weight excluding hydrogens is 233 g/mol. The van der Waals surface area contributed by atoms with E-state index < -0.39 is 6.36 Å². The minimum absolute atomic E-state index is 0.159. The second kappa shape index (κ2) is 3.91. The van der Waals surface area contributed by atoms with E-state index in [-0.39, 0.29) is 11.5 Å². The Bertz CT molecular complexity index is 501. The van der Waals surface area contributed by atoms with Crippen molar-refractivity contribution in [3.05, 3.63) is 35.4 Å². The summed E-state index contributed by atoms with van der Waals surface area (Å²) in [6.45, 7) is 1.39. The molecule has 1 aromatic carbocycles. The normalized spacial score (nSPS) is 14.2. The maximum Gasteiger partial charge on any atom is 0.573 e. The van der Waals surface area contributed by atoms with Crippen LogP contribution in [0.5, 0.6) is 5.75 Å². The number of allylic oxidation sites excluding steroid dienone is 2. The van der Waals surface area contributed by atoms with Gasteiger partial charge in [-0.3, -0.25) is 4.79 Å². The predicted octanol–water partition coefficient (Wildman–Crippen LogP) is 3.11.